The number of hydrogen-bond acceptors (Lipinski definition) is 9. The molecule has 0 aliphatic rings. The molecule has 0 aliphatic carbocycles. The van der Waals surface area contributed by atoms with Crippen molar-refractivity contribution in [3.8, 4) is 0 Å². The number of hydrogen-bond donors (Lipinski definition) is 4. The van der Waals surface area contributed by atoms with Gasteiger partial charge in [-0.15, -0.1) is 0 Å². The first-order chi connectivity index (χ1) is 24.0. The van der Waals surface area contributed by atoms with Crippen LogP contribution in [-0.4, -0.2) is 73.8 Å². The Morgan fingerprint density at radius 1 is 0.863 bits per heavy atom. The van der Waals surface area contributed by atoms with E-state index in [1.807, 2.05) is 45.6 Å². The molecule has 0 saturated heterocycles. The van der Waals surface area contributed by atoms with Gasteiger partial charge in [-0.05, 0) is 36.8 Å². The first kappa shape index (κ1) is 39.4. The lowest BCUT2D eigenvalue weighted by Crippen LogP contribution is -2.37. The molecule has 0 aliphatic heterocycles. The first-order valence-corrected chi connectivity index (χ1v) is 14.9. The number of carboxylic acid groups (broad SMARTS) is 2. The second kappa shape index (κ2) is 17.5. The molecule has 4 heterocycles. The largest absolute Gasteiger partial charge is 0.542 e. The number of fused-ring (bicyclic) bond motifs is 3. The van der Waals surface area contributed by atoms with Crippen molar-refractivity contribution in [2.24, 2.45) is 0 Å². The van der Waals surface area contributed by atoms with Crippen molar-refractivity contribution in [1.29, 1.82) is 0 Å². The third kappa shape index (κ3) is 12.1. The SMILES string of the molecule is Nc1ncnc2c1ncn2CCCC(=O)NCCCCNC(=O)c1ccc2cc3ccccc3c[n+]2c1.O=C(O)C(F)(F)F.O=C([O-])C(F)(F)F. The third-order valence-corrected chi connectivity index (χ3v) is 6.77. The molecule has 0 atom stereocenters. The maximum absolute atomic E-state index is 12.6. The molecule has 5 aromatic rings. The fourth-order valence-corrected chi connectivity index (χ4v) is 4.31. The number of aromatic nitrogens is 5. The van der Waals surface area contributed by atoms with Gasteiger partial charge in [0.15, 0.2) is 23.9 Å². The number of aryl methyl sites for hydroxylation is 1. The number of alkyl halides is 6. The Morgan fingerprint density at radius 2 is 1.49 bits per heavy atom. The van der Waals surface area contributed by atoms with Crippen LogP contribution in [0.15, 0.2) is 67.5 Å². The van der Waals surface area contributed by atoms with E-state index in [-0.39, 0.29) is 11.8 Å². The molecule has 0 radical (unpaired) electrons. The number of benzene rings is 1. The summed E-state index contributed by atoms with van der Waals surface area (Å²) in [5.41, 5.74) is 8.69. The lowest BCUT2D eigenvalue weighted by molar-refractivity contribution is -0.510. The third-order valence-electron chi connectivity index (χ3n) is 6.77. The molecular weight excluding hydrogens is 694 g/mol. The Kier molecular flexibility index (Phi) is 13.5. The average Bonchev–Trinajstić information content (AvgIpc) is 3.48. The van der Waals surface area contributed by atoms with Gasteiger partial charge in [-0.25, -0.2) is 19.7 Å². The number of nitrogens with two attached hydrogens (primary N) is 1. The van der Waals surface area contributed by atoms with Gasteiger partial charge in [0.25, 0.3) is 5.91 Å². The number of carbonyl (C=O) groups is 4. The smallest absolute Gasteiger partial charge is 0.490 e. The molecule has 20 heteroatoms. The van der Waals surface area contributed by atoms with Crippen molar-refractivity contribution in [2.75, 3.05) is 18.8 Å². The number of anilines is 1. The fraction of sp³-hybridized carbons (Fsp3) is 0.290. The van der Waals surface area contributed by atoms with E-state index in [4.69, 9.17) is 25.5 Å². The van der Waals surface area contributed by atoms with Crippen LogP contribution >= 0.6 is 0 Å². The van der Waals surface area contributed by atoms with E-state index in [1.54, 1.807) is 6.33 Å². The Balaban J connectivity index is 0.000000424. The van der Waals surface area contributed by atoms with E-state index in [1.165, 1.54) is 11.7 Å². The second-order valence-corrected chi connectivity index (χ2v) is 10.5. The highest BCUT2D eigenvalue weighted by atomic mass is 19.4. The number of aliphatic carboxylic acids is 2. The zero-order valence-corrected chi connectivity index (χ0v) is 26.4. The number of unbranched alkanes of at least 4 members (excludes halogenated alkanes) is 1. The number of imidazole rings is 1. The minimum Gasteiger partial charge on any atom is -0.542 e. The number of rotatable bonds is 10. The highest BCUT2D eigenvalue weighted by molar-refractivity contribution is 5.94. The summed E-state index contributed by atoms with van der Waals surface area (Å²) in [6.07, 6.45) is -0.680. The van der Waals surface area contributed by atoms with Gasteiger partial charge in [0.05, 0.1) is 6.33 Å². The van der Waals surface area contributed by atoms with Crippen LogP contribution in [0.25, 0.3) is 27.5 Å². The molecule has 5 N–H and O–H groups in total. The summed E-state index contributed by atoms with van der Waals surface area (Å²) < 4.78 is 67.1. The second-order valence-electron chi connectivity index (χ2n) is 10.5. The average molecular weight is 725 g/mol. The van der Waals surface area contributed by atoms with Gasteiger partial charge in [-0.1, -0.05) is 18.2 Å². The molecule has 5 rings (SSSR count). The number of nitrogens with zero attached hydrogens (tertiary/aromatic N) is 5. The topological polar surface area (TPSA) is 209 Å². The van der Waals surface area contributed by atoms with E-state index in [2.05, 4.69) is 43.8 Å². The van der Waals surface area contributed by atoms with Crippen LogP contribution in [0.3, 0.4) is 0 Å². The monoisotopic (exact) mass is 724 g/mol. The minimum atomic E-state index is -5.19. The van der Waals surface area contributed by atoms with E-state index in [9.17, 15) is 35.9 Å². The molecule has 1 aromatic carbocycles. The number of carbonyl (C=O) groups excluding carboxylic acids is 3. The molecular formula is C31H30F6N8O6. The normalized spacial score (nSPS) is 11.3. The maximum atomic E-state index is 12.6. The highest BCUT2D eigenvalue weighted by Gasteiger charge is 2.38. The molecule has 4 aromatic heterocycles. The van der Waals surface area contributed by atoms with E-state index in [0.717, 1.165) is 23.7 Å². The molecule has 0 spiro atoms. The number of halogens is 6. The van der Waals surface area contributed by atoms with Crippen LogP contribution in [-0.2, 0) is 20.9 Å². The van der Waals surface area contributed by atoms with Crippen molar-refractivity contribution < 1.29 is 60.1 Å². The molecule has 0 unspecified atom stereocenters. The Labute approximate surface area is 283 Å². The van der Waals surface area contributed by atoms with Gasteiger partial charge < -0.3 is 35.9 Å². The van der Waals surface area contributed by atoms with Crippen molar-refractivity contribution in [3.63, 3.8) is 0 Å². The molecule has 51 heavy (non-hydrogen) atoms. The summed E-state index contributed by atoms with van der Waals surface area (Å²) in [6, 6.07) is 14.1. The maximum Gasteiger partial charge on any atom is 0.490 e. The molecule has 0 saturated carbocycles. The van der Waals surface area contributed by atoms with Gasteiger partial charge in [0, 0.05) is 43.6 Å². The highest BCUT2D eigenvalue weighted by Crippen LogP contribution is 2.16. The number of amides is 2. The molecule has 272 valence electrons. The van der Waals surface area contributed by atoms with E-state index >= 15 is 0 Å². The summed E-state index contributed by atoms with van der Waals surface area (Å²) in [7, 11) is 0. The van der Waals surface area contributed by atoms with Gasteiger partial charge in [-0.2, -0.15) is 30.7 Å². The Bertz CT molecular complexity index is 1980. The molecule has 2 amide bonds. The molecule has 14 nitrogen and oxygen atoms in total. The standard InChI is InChI=1S/C27H28N8O2.2C2HF3O2/c28-25-24-26(32-17-31-25)34(18-33-24)13-5-8-23(36)29-11-3-4-12-30-27(37)21-9-10-22-14-19-6-1-2-7-20(19)15-35(22)16-21;2*3-2(4,5)1(6)7/h1-2,6-7,9-10,14-18H,3-5,8,11-13H2,(H3-,28,29,30,31,32,36,37);2*(H,6,7). The minimum absolute atomic E-state index is 0.00306. The number of pyridine rings is 2. The van der Waals surface area contributed by atoms with Crippen molar-refractivity contribution >= 4 is 57.0 Å². The van der Waals surface area contributed by atoms with Gasteiger partial charge in [0.1, 0.15) is 23.4 Å². The van der Waals surface area contributed by atoms with Crippen molar-refractivity contribution in [3.05, 3.63) is 73.1 Å². The predicted octanol–water partition coefficient (Wildman–Crippen LogP) is 2.34. The van der Waals surface area contributed by atoms with Gasteiger partial charge in [-0.3, -0.25) is 9.59 Å². The predicted molar refractivity (Wildman–Crippen MR) is 165 cm³/mol. The Hall–Kier alpha value is -6.08. The van der Waals surface area contributed by atoms with Crippen molar-refractivity contribution in [1.82, 2.24) is 30.2 Å². The van der Waals surface area contributed by atoms with Gasteiger partial charge >= 0.3 is 18.3 Å². The van der Waals surface area contributed by atoms with Crippen LogP contribution in [0.5, 0.6) is 0 Å². The van der Waals surface area contributed by atoms with Crippen LogP contribution in [0.2, 0.25) is 0 Å². The van der Waals surface area contributed by atoms with Crippen LogP contribution < -0.4 is 25.9 Å². The first-order valence-electron chi connectivity index (χ1n) is 14.9. The van der Waals surface area contributed by atoms with Gasteiger partial charge in [0.2, 0.25) is 11.4 Å². The summed E-state index contributed by atoms with van der Waals surface area (Å²) >= 11 is 0. The van der Waals surface area contributed by atoms with Crippen LogP contribution in [0.4, 0.5) is 32.2 Å². The van der Waals surface area contributed by atoms with E-state index in [0.29, 0.717) is 55.0 Å². The van der Waals surface area contributed by atoms with Crippen LogP contribution in [0, 0.1) is 0 Å². The quantitative estimate of drug-likeness (QED) is 0.0715. The summed E-state index contributed by atoms with van der Waals surface area (Å²) in [6.45, 7) is 1.74. The zero-order chi connectivity index (χ0) is 37.8. The molecule has 0 fully saturated rings. The zero-order valence-electron chi connectivity index (χ0n) is 26.4. The van der Waals surface area contributed by atoms with E-state index < -0.39 is 24.3 Å². The number of carboxylic acids is 2. The van der Waals surface area contributed by atoms with Crippen LogP contribution in [0.1, 0.15) is 36.0 Å². The Morgan fingerprint density at radius 3 is 2.12 bits per heavy atom. The lowest BCUT2D eigenvalue weighted by Gasteiger charge is -2.07. The summed E-state index contributed by atoms with van der Waals surface area (Å²) in [4.78, 5) is 54.8. The van der Waals surface area contributed by atoms with Crippen molar-refractivity contribution in [2.45, 2.75) is 44.6 Å². The summed E-state index contributed by atoms with van der Waals surface area (Å²) in [5.74, 6) is -5.52. The number of nitrogens with one attached hydrogen (secondary N) is 2. The fourth-order valence-electron chi connectivity index (χ4n) is 4.31. The molecule has 0 bridgehead atoms. The lowest BCUT2D eigenvalue weighted by atomic mass is 10.1. The summed E-state index contributed by atoms with van der Waals surface area (Å²) in [5, 5.41) is 24.1. The number of nitrogen functional groups attached to an aromatic ring is 1.